The van der Waals surface area contributed by atoms with Crippen molar-refractivity contribution in [3.05, 3.63) is 0 Å². The van der Waals surface area contributed by atoms with Gasteiger partial charge >= 0.3 is 0 Å². The second-order valence-corrected chi connectivity index (χ2v) is 4.98. The quantitative estimate of drug-likeness (QED) is 0.553. The third-order valence-electron chi connectivity index (χ3n) is 2.37. The topological polar surface area (TPSA) is 20.3 Å². The summed E-state index contributed by atoms with van der Waals surface area (Å²) in [7, 11) is 0. The zero-order chi connectivity index (χ0) is 10.2. The first-order valence-electron chi connectivity index (χ1n) is 5.32. The minimum Gasteiger partial charge on any atom is -0.334 e. The van der Waals surface area contributed by atoms with Gasteiger partial charge in [-0.25, -0.2) is 0 Å². The van der Waals surface area contributed by atoms with Crippen molar-refractivity contribution in [2.75, 3.05) is 24.7 Å². The highest BCUT2D eigenvalue weighted by molar-refractivity contribution is 8.13. The molecule has 0 aliphatic carbocycles. The summed E-state index contributed by atoms with van der Waals surface area (Å²) in [5, 5.41) is 0.247. The number of likely N-dealkylation sites (tertiary alicyclic amines) is 1. The lowest BCUT2D eigenvalue weighted by atomic mass is 10.2. The van der Waals surface area contributed by atoms with Crippen LogP contribution in [0.1, 0.15) is 32.1 Å². The van der Waals surface area contributed by atoms with E-state index in [1.807, 2.05) is 4.90 Å². The molecule has 0 saturated carbocycles. The molecule has 1 rings (SSSR count). The van der Waals surface area contributed by atoms with Gasteiger partial charge in [-0.2, -0.15) is 0 Å². The van der Waals surface area contributed by atoms with Gasteiger partial charge in [0.1, 0.15) is 0 Å². The van der Waals surface area contributed by atoms with Crippen LogP contribution in [0.2, 0.25) is 0 Å². The fourth-order valence-corrected chi connectivity index (χ4v) is 2.68. The van der Waals surface area contributed by atoms with E-state index in [9.17, 15) is 4.79 Å². The minimum atomic E-state index is 0.247. The number of halogens is 1. The number of carbonyl (C=O) groups is 1. The van der Waals surface area contributed by atoms with Gasteiger partial charge in [0.15, 0.2) is 0 Å². The van der Waals surface area contributed by atoms with Crippen LogP contribution in [0.4, 0.5) is 4.79 Å². The number of rotatable bonds is 3. The number of hydrogen-bond donors (Lipinski definition) is 0. The molecule has 1 aliphatic heterocycles. The second kappa shape index (κ2) is 7.41. The Morgan fingerprint density at radius 2 is 1.86 bits per heavy atom. The third kappa shape index (κ3) is 4.56. The maximum atomic E-state index is 11.7. The van der Waals surface area contributed by atoms with Crippen molar-refractivity contribution in [1.29, 1.82) is 0 Å². The average molecular weight is 236 g/mol. The van der Waals surface area contributed by atoms with Crippen molar-refractivity contribution < 1.29 is 4.79 Å². The first kappa shape index (κ1) is 12.2. The maximum absolute atomic E-state index is 11.7. The van der Waals surface area contributed by atoms with Crippen LogP contribution in [0.5, 0.6) is 0 Å². The summed E-state index contributed by atoms with van der Waals surface area (Å²) in [5.74, 6) is 1.51. The predicted octanol–water partition coefficient (Wildman–Crippen LogP) is 3.34. The van der Waals surface area contributed by atoms with Crippen molar-refractivity contribution in [2.24, 2.45) is 0 Å². The summed E-state index contributed by atoms with van der Waals surface area (Å²) < 4.78 is 0. The number of thioether (sulfide) groups is 1. The summed E-state index contributed by atoms with van der Waals surface area (Å²) >= 11 is 6.98. The summed E-state index contributed by atoms with van der Waals surface area (Å²) in [5.41, 5.74) is 0. The zero-order valence-electron chi connectivity index (χ0n) is 8.51. The average Bonchev–Trinajstić information content (AvgIpc) is 2.46. The van der Waals surface area contributed by atoms with Crippen LogP contribution in [0.15, 0.2) is 0 Å². The molecule has 0 aromatic heterocycles. The van der Waals surface area contributed by atoms with Crippen LogP contribution in [0.25, 0.3) is 0 Å². The summed E-state index contributed by atoms with van der Waals surface area (Å²) in [4.78, 5) is 13.7. The summed E-state index contributed by atoms with van der Waals surface area (Å²) in [6.07, 6.45) is 5.81. The van der Waals surface area contributed by atoms with Crippen molar-refractivity contribution in [3.63, 3.8) is 0 Å². The molecule has 0 aromatic carbocycles. The Balaban J connectivity index is 2.20. The van der Waals surface area contributed by atoms with E-state index in [1.165, 1.54) is 37.4 Å². The van der Waals surface area contributed by atoms with Gasteiger partial charge in [-0.1, -0.05) is 24.6 Å². The number of amides is 1. The molecular weight excluding hydrogens is 218 g/mol. The van der Waals surface area contributed by atoms with E-state index < -0.39 is 0 Å². The third-order valence-corrected chi connectivity index (χ3v) is 3.63. The predicted molar refractivity (Wildman–Crippen MR) is 63.2 cm³/mol. The van der Waals surface area contributed by atoms with Crippen LogP contribution < -0.4 is 0 Å². The molecule has 0 atom stereocenters. The van der Waals surface area contributed by atoms with E-state index in [2.05, 4.69) is 0 Å². The molecule has 82 valence electrons. The summed E-state index contributed by atoms with van der Waals surface area (Å²) in [6, 6.07) is 0. The lowest BCUT2D eigenvalue weighted by Crippen LogP contribution is -2.28. The fraction of sp³-hybridized carbons (Fsp3) is 0.900. The first-order valence-corrected chi connectivity index (χ1v) is 6.84. The maximum Gasteiger partial charge on any atom is 0.281 e. The van der Waals surface area contributed by atoms with Gasteiger partial charge in [-0.15, -0.1) is 11.6 Å². The largest absolute Gasteiger partial charge is 0.334 e. The van der Waals surface area contributed by atoms with Crippen molar-refractivity contribution >= 4 is 28.6 Å². The Bertz CT molecular complexity index is 170. The molecule has 0 bridgehead atoms. The first-order chi connectivity index (χ1) is 6.84. The molecule has 4 heteroatoms. The molecule has 1 heterocycles. The Kier molecular flexibility index (Phi) is 6.45. The Labute approximate surface area is 95.4 Å². The van der Waals surface area contributed by atoms with E-state index in [0.717, 1.165) is 25.3 Å². The highest BCUT2D eigenvalue weighted by atomic mass is 35.5. The van der Waals surface area contributed by atoms with Gasteiger partial charge in [0.25, 0.3) is 5.24 Å². The molecule has 14 heavy (non-hydrogen) atoms. The van der Waals surface area contributed by atoms with Crippen LogP contribution >= 0.6 is 23.4 Å². The molecule has 0 radical (unpaired) electrons. The second-order valence-electron chi connectivity index (χ2n) is 3.56. The van der Waals surface area contributed by atoms with Crippen LogP contribution in [-0.2, 0) is 0 Å². The molecule has 0 N–H and O–H groups in total. The van der Waals surface area contributed by atoms with E-state index >= 15 is 0 Å². The molecule has 0 spiro atoms. The van der Waals surface area contributed by atoms with Gasteiger partial charge in [-0.05, 0) is 19.3 Å². The number of carbonyl (C=O) groups excluding carboxylic acids is 1. The zero-order valence-corrected chi connectivity index (χ0v) is 10.1. The van der Waals surface area contributed by atoms with Crippen molar-refractivity contribution in [2.45, 2.75) is 32.1 Å². The van der Waals surface area contributed by atoms with Gasteiger partial charge in [0.05, 0.1) is 0 Å². The van der Waals surface area contributed by atoms with E-state index in [0.29, 0.717) is 5.88 Å². The Morgan fingerprint density at radius 1 is 1.21 bits per heavy atom. The lowest BCUT2D eigenvalue weighted by molar-refractivity contribution is 0.225. The molecule has 1 saturated heterocycles. The number of nitrogens with zero attached hydrogens (tertiary/aromatic N) is 1. The molecule has 1 aliphatic rings. The molecule has 2 nitrogen and oxygen atoms in total. The molecule has 1 fully saturated rings. The van der Waals surface area contributed by atoms with Crippen molar-refractivity contribution in [1.82, 2.24) is 4.90 Å². The van der Waals surface area contributed by atoms with E-state index in [4.69, 9.17) is 11.6 Å². The molecule has 0 aromatic rings. The number of hydrogen-bond acceptors (Lipinski definition) is 2. The highest BCUT2D eigenvalue weighted by Crippen LogP contribution is 2.16. The molecule has 0 unspecified atom stereocenters. The SMILES string of the molecule is O=C(SCCCCl)N1CCCCCC1. The standard InChI is InChI=1S/C10H18ClNOS/c11-6-5-9-14-10(13)12-7-3-1-2-4-8-12/h1-9H2. The molecular formula is C10H18ClNOS. The fourth-order valence-electron chi connectivity index (χ4n) is 1.56. The minimum absolute atomic E-state index is 0.247. The lowest BCUT2D eigenvalue weighted by Gasteiger charge is -2.19. The van der Waals surface area contributed by atoms with Crippen molar-refractivity contribution in [3.8, 4) is 0 Å². The number of alkyl halides is 1. The Morgan fingerprint density at radius 3 is 2.43 bits per heavy atom. The summed E-state index contributed by atoms with van der Waals surface area (Å²) in [6.45, 7) is 1.90. The monoisotopic (exact) mass is 235 g/mol. The van der Waals surface area contributed by atoms with Gasteiger partial charge < -0.3 is 4.90 Å². The Hall–Kier alpha value is 0.110. The van der Waals surface area contributed by atoms with E-state index in [-0.39, 0.29) is 5.24 Å². The van der Waals surface area contributed by atoms with Crippen LogP contribution in [0.3, 0.4) is 0 Å². The van der Waals surface area contributed by atoms with Gasteiger partial charge in [-0.3, -0.25) is 4.79 Å². The normalized spacial score (nSPS) is 17.9. The van der Waals surface area contributed by atoms with Gasteiger partial charge in [0, 0.05) is 24.7 Å². The van der Waals surface area contributed by atoms with Gasteiger partial charge in [0.2, 0.25) is 0 Å². The molecule has 1 amide bonds. The van der Waals surface area contributed by atoms with Crippen LogP contribution in [0, 0.1) is 0 Å². The van der Waals surface area contributed by atoms with E-state index in [1.54, 1.807) is 0 Å². The smallest absolute Gasteiger partial charge is 0.281 e. The van der Waals surface area contributed by atoms with Crippen LogP contribution in [-0.4, -0.2) is 34.9 Å². The highest BCUT2D eigenvalue weighted by Gasteiger charge is 2.14.